The molecule has 4 heteroatoms. The topological polar surface area (TPSA) is 63.4 Å². The van der Waals surface area contributed by atoms with Gasteiger partial charge in [0, 0.05) is 13.0 Å². The lowest BCUT2D eigenvalue weighted by Gasteiger charge is -2.24. The number of nitrogens with zero attached hydrogens (tertiary/aromatic N) is 1. The van der Waals surface area contributed by atoms with Crippen molar-refractivity contribution in [2.24, 2.45) is 16.6 Å². The highest BCUT2D eigenvalue weighted by molar-refractivity contribution is 6.05. The molecule has 0 spiro atoms. The summed E-state index contributed by atoms with van der Waals surface area (Å²) in [6.45, 7) is 9.02. The minimum atomic E-state index is -0.513. The summed E-state index contributed by atoms with van der Waals surface area (Å²) in [5.74, 6) is -0.0707. The second kappa shape index (κ2) is 4.77. The number of hydrogen-bond donors (Lipinski definition) is 1. The van der Waals surface area contributed by atoms with Crippen LogP contribution in [0, 0.1) is 10.8 Å². The van der Waals surface area contributed by atoms with Crippen molar-refractivity contribution >= 4 is 11.8 Å². The SMILES string of the molecule is CC(C)(CN)CCCN1C(=O)CC(C)(C)C1=O. The van der Waals surface area contributed by atoms with Crippen LogP contribution in [0.25, 0.3) is 0 Å². The van der Waals surface area contributed by atoms with Crippen molar-refractivity contribution in [3.05, 3.63) is 0 Å². The number of rotatable bonds is 5. The number of carbonyl (C=O) groups excluding carboxylic acids is 2. The molecule has 17 heavy (non-hydrogen) atoms. The Morgan fingerprint density at radius 2 is 1.94 bits per heavy atom. The number of nitrogens with two attached hydrogens (primary N) is 1. The second-order valence-electron chi connectivity index (χ2n) is 6.38. The highest BCUT2D eigenvalue weighted by Gasteiger charge is 2.44. The summed E-state index contributed by atoms with van der Waals surface area (Å²) < 4.78 is 0. The molecule has 2 N–H and O–H groups in total. The van der Waals surface area contributed by atoms with Gasteiger partial charge >= 0.3 is 0 Å². The van der Waals surface area contributed by atoms with E-state index in [0.29, 0.717) is 19.5 Å². The number of amides is 2. The lowest BCUT2D eigenvalue weighted by atomic mass is 9.88. The third kappa shape index (κ3) is 3.28. The Kier molecular flexibility index (Phi) is 3.97. The number of imide groups is 1. The average Bonchev–Trinajstić information content (AvgIpc) is 2.40. The van der Waals surface area contributed by atoms with Crippen molar-refractivity contribution in [2.75, 3.05) is 13.1 Å². The van der Waals surface area contributed by atoms with Crippen molar-refractivity contribution < 1.29 is 9.59 Å². The van der Waals surface area contributed by atoms with Gasteiger partial charge in [-0.05, 0) is 24.8 Å². The summed E-state index contributed by atoms with van der Waals surface area (Å²) in [6.07, 6.45) is 2.10. The maximum atomic E-state index is 11.9. The molecule has 0 radical (unpaired) electrons. The van der Waals surface area contributed by atoms with Gasteiger partial charge in [0.15, 0.2) is 0 Å². The van der Waals surface area contributed by atoms with Gasteiger partial charge in [-0.3, -0.25) is 14.5 Å². The summed E-state index contributed by atoms with van der Waals surface area (Å²) in [7, 11) is 0. The van der Waals surface area contributed by atoms with Crippen LogP contribution in [0.15, 0.2) is 0 Å². The summed E-state index contributed by atoms with van der Waals surface area (Å²) in [6, 6.07) is 0. The Balaban J connectivity index is 2.49. The molecule has 1 aliphatic heterocycles. The Hall–Kier alpha value is -0.900. The average molecular weight is 240 g/mol. The molecule has 0 aliphatic carbocycles. The summed E-state index contributed by atoms with van der Waals surface area (Å²) in [4.78, 5) is 25.1. The van der Waals surface area contributed by atoms with E-state index in [9.17, 15) is 9.59 Å². The van der Waals surface area contributed by atoms with Gasteiger partial charge < -0.3 is 5.73 Å². The van der Waals surface area contributed by atoms with Gasteiger partial charge in [-0.2, -0.15) is 0 Å². The van der Waals surface area contributed by atoms with E-state index in [0.717, 1.165) is 12.8 Å². The van der Waals surface area contributed by atoms with Crippen LogP contribution < -0.4 is 5.73 Å². The molecule has 4 nitrogen and oxygen atoms in total. The van der Waals surface area contributed by atoms with Crippen LogP contribution in [-0.2, 0) is 9.59 Å². The molecule has 1 aliphatic rings. The second-order valence-corrected chi connectivity index (χ2v) is 6.38. The third-order valence-electron chi connectivity index (χ3n) is 3.51. The van der Waals surface area contributed by atoms with Gasteiger partial charge in [0.05, 0.1) is 5.41 Å². The maximum absolute atomic E-state index is 11.9. The molecule has 0 aromatic carbocycles. The lowest BCUT2D eigenvalue weighted by molar-refractivity contribution is -0.140. The fourth-order valence-corrected chi connectivity index (χ4v) is 2.07. The number of likely N-dealkylation sites (tertiary alicyclic amines) is 1. The fourth-order valence-electron chi connectivity index (χ4n) is 2.07. The predicted octanol–water partition coefficient (Wildman–Crippen LogP) is 1.54. The molecule has 1 fully saturated rings. The Morgan fingerprint density at radius 3 is 2.35 bits per heavy atom. The molecule has 0 aromatic rings. The van der Waals surface area contributed by atoms with Gasteiger partial charge in [-0.1, -0.05) is 27.7 Å². The first kappa shape index (κ1) is 14.2. The molecular weight excluding hydrogens is 216 g/mol. The Morgan fingerprint density at radius 1 is 1.35 bits per heavy atom. The van der Waals surface area contributed by atoms with Gasteiger partial charge in [0.25, 0.3) is 0 Å². The van der Waals surface area contributed by atoms with E-state index in [-0.39, 0.29) is 17.2 Å². The molecule has 2 amide bonds. The van der Waals surface area contributed by atoms with E-state index in [1.54, 1.807) is 0 Å². The monoisotopic (exact) mass is 240 g/mol. The van der Waals surface area contributed by atoms with E-state index in [2.05, 4.69) is 13.8 Å². The molecule has 0 bridgehead atoms. The number of hydrogen-bond acceptors (Lipinski definition) is 3. The molecule has 0 aromatic heterocycles. The molecule has 0 unspecified atom stereocenters. The van der Waals surface area contributed by atoms with Crippen LogP contribution in [0.2, 0.25) is 0 Å². The van der Waals surface area contributed by atoms with Crippen LogP contribution in [-0.4, -0.2) is 29.8 Å². The first-order valence-electron chi connectivity index (χ1n) is 6.24. The number of carbonyl (C=O) groups is 2. The zero-order valence-corrected chi connectivity index (χ0v) is 11.4. The molecule has 1 heterocycles. The minimum Gasteiger partial charge on any atom is -0.330 e. The van der Waals surface area contributed by atoms with Crippen molar-refractivity contribution in [2.45, 2.75) is 47.0 Å². The van der Waals surface area contributed by atoms with Crippen LogP contribution >= 0.6 is 0 Å². The van der Waals surface area contributed by atoms with Crippen LogP contribution in [0.3, 0.4) is 0 Å². The smallest absolute Gasteiger partial charge is 0.235 e. The molecule has 0 atom stereocenters. The van der Waals surface area contributed by atoms with Crippen molar-refractivity contribution in [1.29, 1.82) is 0 Å². The van der Waals surface area contributed by atoms with Crippen molar-refractivity contribution in [3.8, 4) is 0 Å². The van der Waals surface area contributed by atoms with Gasteiger partial charge in [0.1, 0.15) is 0 Å². The third-order valence-corrected chi connectivity index (χ3v) is 3.51. The van der Waals surface area contributed by atoms with Crippen LogP contribution in [0.1, 0.15) is 47.0 Å². The lowest BCUT2D eigenvalue weighted by Crippen LogP contribution is -2.34. The first-order valence-corrected chi connectivity index (χ1v) is 6.24. The minimum absolute atomic E-state index is 0.0342. The first-order chi connectivity index (χ1) is 7.69. The van der Waals surface area contributed by atoms with Crippen LogP contribution in [0.5, 0.6) is 0 Å². The largest absolute Gasteiger partial charge is 0.330 e. The van der Waals surface area contributed by atoms with E-state index in [1.807, 2.05) is 13.8 Å². The normalized spacial score (nSPS) is 20.2. The van der Waals surface area contributed by atoms with Crippen molar-refractivity contribution in [3.63, 3.8) is 0 Å². The summed E-state index contributed by atoms with van der Waals surface area (Å²) in [5, 5.41) is 0. The summed E-state index contributed by atoms with van der Waals surface area (Å²) in [5.41, 5.74) is 5.22. The Labute approximate surface area is 104 Å². The highest BCUT2D eigenvalue weighted by Crippen LogP contribution is 2.32. The summed E-state index contributed by atoms with van der Waals surface area (Å²) >= 11 is 0. The van der Waals surface area contributed by atoms with Gasteiger partial charge in [-0.25, -0.2) is 0 Å². The maximum Gasteiger partial charge on any atom is 0.235 e. The van der Waals surface area contributed by atoms with E-state index in [1.165, 1.54) is 4.90 Å². The zero-order chi connectivity index (χ0) is 13.3. The molecule has 98 valence electrons. The standard InChI is InChI=1S/C13H24N2O2/c1-12(2,9-14)6-5-7-15-10(16)8-13(3,4)11(15)17/h5-9,14H2,1-4H3. The molecule has 1 rings (SSSR count). The van der Waals surface area contributed by atoms with E-state index >= 15 is 0 Å². The van der Waals surface area contributed by atoms with Gasteiger partial charge in [-0.15, -0.1) is 0 Å². The predicted molar refractivity (Wildman–Crippen MR) is 67.2 cm³/mol. The van der Waals surface area contributed by atoms with Crippen LogP contribution in [0.4, 0.5) is 0 Å². The molecule has 1 saturated heterocycles. The van der Waals surface area contributed by atoms with Crippen molar-refractivity contribution in [1.82, 2.24) is 4.90 Å². The quantitative estimate of drug-likeness (QED) is 0.741. The highest BCUT2D eigenvalue weighted by atomic mass is 16.2. The molecule has 0 saturated carbocycles. The zero-order valence-electron chi connectivity index (χ0n) is 11.4. The van der Waals surface area contributed by atoms with E-state index < -0.39 is 5.41 Å². The van der Waals surface area contributed by atoms with E-state index in [4.69, 9.17) is 5.73 Å². The molecular formula is C13H24N2O2. The fraction of sp³-hybridized carbons (Fsp3) is 0.846. The Bertz CT molecular complexity index is 321. The van der Waals surface area contributed by atoms with Gasteiger partial charge in [0.2, 0.25) is 11.8 Å².